The van der Waals surface area contributed by atoms with E-state index >= 15 is 0 Å². The summed E-state index contributed by atoms with van der Waals surface area (Å²) in [4.78, 5) is 11.7. The fraction of sp³-hybridized carbons (Fsp3) is 0.562. The summed E-state index contributed by atoms with van der Waals surface area (Å²) in [5, 5.41) is 9.60. The summed E-state index contributed by atoms with van der Waals surface area (Å²) in [6, 6.07) is 5.69. The largest absolute Gasteiger partial charge is 0.481 e. The van der Waals surface area contributed by atoms with E-state index in [1.165, 1.54) is 0 Å². The average molecular weight is 261 g/mol. The van der Waals surface area contributed by atoms with Gasteiger partial charge in [-0.2, -0.15) is 0 Å². The van der Waals surface area contributed by atoms with E-state index in [0.29, 0.717) is 5.69 Å². The number of benzene rings is 1. The van der Waals surface area contributed by atoms with Gasteiger partial charge in [0.1, 0.15) is 0 Å². The van der Waals surface area contributed by atoms with Crippen molar-refractivity contribution in [3.05, 3.63) is 29.3 Å². The van der Waals surface area contributed by atoms with Crippen LogP contribution in [0.15, 0.2) is 18.2 Å². The molecule has 1 aliphatic carbocycles. The number of nitrogens with two attached hydrogens (primary N) is 1. The maximum atomic E-state index is 11.7. The van der Waals surface area contributed by atoms with Crippen molar-refractivity contribution in [2.75, 3.05) is 5.73 Å². The Bertz CT molecular complexity index is 462. The van der Waals surface area contributed by atoms with Gasteiger partial charge in [0.25, 0.3) is 0 Å². The van der Waals surface area contributed by atoms with E-state index < -0.39 is 11.9 Å². The fourth-order valence-electron chi connectivity index (χ4n) is 3.17. The van der Waals surface area contributed by atoms with Crippen LogP contribution in [0.5, 0.6) is 0 Å². The van der Waals surface area contributed by atoms with Crippen LogP contribution in [0.4, 0.5) is 5.69 Å². The van der Waals surface area contributed by atoms with Crippen molar-refractivity contribution in [2.24, 2.45) is 11.8 Å². The molecule has 1 saturated carbocycles. The molecule has 1 fully saturated rings. The number of rotatable bonds is 3. The lowest BCUT2D eigenvalue weighted by Crippen LogP contribution is -2.26. The van der Waals surface area contributed by atoms with Crippen LogP contribution in [0.25, 0.3) is 0 Å². The second-order valence-electron chi connectivity index (χ2n) is 5.97. The van der Waals surface area contributed by atoms with Gasteiger partial charge in [0, 0.05) is 5.69 Å². The maximum absolute atomic E-state index is 11.7. The minimum absolute atomic E-state index is 0.220. The van der Waals surface area contributed by atoms with Crippen LogP contribution >= 0.6 is 0 Å². The number of carbonyl (C=O) groups is 1. The monoisotopic (exact) mass is 261 g/mol. The van der Waals surface area contributed by atoms with Gasteiger partial charge in [-0.25, -0.2) is 0 Å². The van der Waals surface area contributed by atoms with Gasteiger partial charge in [-0.15, -0.1) is 0 Å². The summed E-state index contributed by atoms with van der Waals surface area (Å²) < 4.78 is 0. The van der Waals surface area contributed by atoms with Gasteiger partial charge in [0.15, 0.2) is 0 Å². The van der Waals surface area contributed by atoms with Gasteiger partial charge >= 0.3 is 5.97 Å². The summed E-state index contributed by atoms with van der Waals surface area (Å²) in [7, 11) is 0. The standard InChI is InChI=1S/C16H23NO2/c1-10-3-6-12(7-4-10)15(16(18)19)13-9-11(2)5-8-14(13)17/h5,8-10,12,15H,3-4,6-7,17H2,1-2H3,(H,18,19). The Hall–Kier alpha value is -1.51. The van der Waals surface area contributed by atoms with Crippen LogP contribution in [0.1, 0.15) is 49.7 Å². The minimum Gasteiger partial charge on any atom is -0.481 e. The van der Waals surface area contributed by atoms with Crippen LogP contribution in [-0.2, 0) is 4.79 Å². The third-order valence-corrected chi connectivity index (χ3v) is 4.38. The van der Waals surface area contributed by atoms with Crippen molar-refractivity contribution in [1.29, 1.82) is 0 Å². The molecule has 1 aromatic carbocycles. The molecule has 19 heavy (non-hydrogen) atoms. The Morgan fingerprint density at radius 2 is 1.95 bits per heavy atom. The molecule has 0 radical (unpaired) electrons. The van der Waals surface area contributed by atoms with Crippen LogP contribution in [-0.4, -0.2) is 11.1 Å². The topological polar surface area (TPSA) is 63.3 Å². The van der Waals surface area contributed by atoms with Crippen molar-refractivity contribution < 1.29 is 9.90 Å². The zero-order valence-electron chi connectivity index (χ0n) is 11.7. The Morgan fingerprint density at radius 3 is 2.53 bits per heavy atom. The molecular formula is C16H23NO2. The van der Waals surface area contributed by atoms with Gasteiger partial charge in [0.2, 0.25) is 0 Å². The number of aliphatic carboxylic acids is 1. The van der Waals surface area contributed by atoms with E-state index in [0.717, 1.165) is 42.7 Å². The van der Waals surface area contributed by atoms with Gasteiger partial charge in [-0.1, -0.05) is 37.5 Å². The fourth-order valence-corrected chi connectivity index (χ4v) is 3.17. The lowest BCUT2D eigenvalue weighted by molar-refractivity contribution is -0.140. The van der Waals surface area contributed by atoms with Crippen molar-refractivity contribution in [3.63, 3.8) is 0 Å². The van der Waals surface area contributed by atoms with Crippen molar-refractivity contribution in [2.45, 2.75) is 45.4 Å². The van der Waals surface area contributed by atoms with E-state index in [2.05, 4.69) is 6.92 Å². The molecule has 0 amide bonds. The summed E-state index contributed by atoms with van der Waals surface area (Å²) in [5.41, 5.74) is 8.47. The Kier molecular flexibility index (Phi) is 4.13. The van der Waals surface area contributed by atoms with E-state index in [-0.39, 0.29) is 5.92 Å². The number of anilines is 1. The molecule has 1 aliphatic rings. The predicted octanol–water partition coefficient (Wildman–Crippen LogP) is 3.57. The van der Waals surface area contributed by atoms with Crippen LogP contribution in [0.3, 0.4) is 0 Å². The SMILES string of the molecule is Cc1ccc(N)c(C(C(=O)O)C2CCC(C)CC2)c1. The highest BCUT2D eigenvalue weighted by Gasteiger charge is 2.33. The molecule has 104 valence electrons. The first-order chi connectivity index (χ1) is 8.99. The number of nitrogen functional groups attached to an aromatic ring is 1. The van der Waals surface area contributed by atoms with Crippen LogP contribution < -0.4 is 5.73 Å². The van der Waals surface area contributed by atoms with Crippen LogP contribution in [0.2, 0.25) is 0 Å². The maximum Gasteiger partial charge on any atom is 0.311 e. The molecule has 1 unspecified atom stereocenters. The highest BCUT2D eigenvalue weighted by atomic mass is 16.4. The molecule has 0 saturated heterocycles. The minimum atomic E-state index is -0.739. The number of carboxylic acids is 1. The van der Waals surface area contributed by atoms with E-state index in [1.807, 2.05) is 25.1 Å². The Labute approximate surface area is 114 Å². The first kappa shape index (κ1) is 13.9. The van der Waals surface area contributed by atoms with E-state index in [1.54, 1.807) is 0 Å². The van der Waals surface area contributed by atoms with E-state index in [4.69, 9.17) is 5.73 Å². The third-order valence-electron chi connectivity index (χ3n) is 4.38. The molecule has 3 heteroatoms. The lowest BCUT2D eigenvalue weighted by Gasteiger charge is -2.31. The molecule has 1 atom stereocenters. The van der Waals surface area contributed by atoms with Gasteiger partial charge in [0.05, 0.1) is 5.92 Å². The Morgan fingerprint density at radius 1 is 1.32 bits per heavy atom. The molecule has 0 aromatic heterocycles. The molecule has 1 aromatic rings. The molecular weight excluding hydrogens is 238 g/mol. The normalized spacial score (nSPS) is 24.9. The molecule has 0 spiro atoms. The zero-order valence-corrected chi connectivity index (χ0v) is 11.7. The quantitative estimate of drug-likeness (QED) is 0.817. The second-order valence-corrected chi connectivity index (χ2v) is 5.97. The van der Waals surface area contributed by atoms with Gasteiger partial charge < -0.3 is 10.8 Å². The third kappa shape index (κ3) is 3.09. The first-order valence-corrected chi connectivity index (χ1v) is 7.08. The molecule has 3 N–H and O–H groups in total. The molecule has 0 bridgehead atoms. The van der Waals surface area contributed by atoms with Crippen LogP contribution in [0, 0.1) is 18.8 Å². The first-order valence-electron chi connectivity index (χ1n) is 7.08. The molecule has 0 heterocycles. The summed E-state index contributed by atoms with van der Waals surface area (Å²) in [6.07, 6.45) is 4.23. The lowest BCUT2D eigenvalue weighted by atomic mass is 9.73. The van der Waals surface area contributed by atoms with Gasteiger partial charge in [-0.3, -0.25) is 4.79 Å². The average Bonchev–Trinajstić information content (AvgIpc) is 2.36. The van der Waals surface area contributed by atoms with Crippen molar-refractivity contribution in [3.8, 4) is 0 Å². The van der Waals surface area contributed by atoms with E-state index in [9.17, 15) is 9.90 Å². The zero-order chi connectivity index (χ0) is 14.0. The summed E-state index contributed by atoms with van der Waals surface area (Å²) in [5.74, 6) is -0.248. The highest BCUT2D eigenvalue weighted by molar-refractivity contribution is 5.79. The van der Waals surface area contributed by atoms with Gasteiger partial charge in [-0.05, 0) is 43.2 Å². The van der Waals surface area contributed by atoms with Crippen molar-refractivity contribution >= 4 is 11.7 Å². The Balaban J connectivity index is 2.30. The number of carboxylic acid groups (broad SMARTS) is 1. The molecule has 2 rings (SSSR count). The smallest absolute Gasteiger partial charge is 0.311 e. The highest BCUT2D eigenvalue weighted by Crippen LogP contribution is 2.40. The predicted molar refractivity (Wildman–Crippen MR) is 77.1 cm³/mol. The molecule has 3 nitrogen and oxygen atoms in total. The summed E-state index contributed by atoms with van der Waals surface area (Å²) in [6.45, 7) is 4.22. The number of aryl methyl sites for hydroxylation is 1. The number of hydrogen-bond donors (Lipinski definition) is 2. The summed E-state index contributed by atoms with van der Waals surface area (Å²) >= 11 is 0. The second kappa shape index (κ2) is 5.64. The molecule has 0 aliphatic heterocycles. The van der Waals surface area contributed by atoms with Crippen molar-refractivity contribution in [1.82, 2.24) is 0 Å². The number of hydrogen-bond acceptors (Lipinski definition) is 2.